The van der Waals surface area contributed by atoms with Crippen LogP contribution >= 0.6 is 34.2 Å². The molecule has 0 unspecified atom stereocenters. The average Bonchev–Trinajstić information content (AvgIpc) is 2.42. The monoisotopic (exact) mass is 423 g/mol. The molecule has 0 saturated heterocycles. The third-order valence-corrected chi connectivity index (χ3v) is 4.94. The molecular weight excluding hydrogens is 409 g/mol. The maximum absolute atomic E-state index is 12.2. The van der Waals surface area contributed by atoms with E-state index in [1.54, 1.807) is 6.07 Å². The molecule has 1 saturated carbocycles. The molecule has 21 heavy (non-hydrogen) atoms. The number of hydrogen-bond acceptors (Lipinski definition) is 3. The van der Waals surface area contributed by atoms with Gasteiger partial charge >= 0.3 is 6.09 Å². The standard InChI is InChI=1S/C13H15ClIN3O3/c14-9-6-16-11(5-10(9)15)18-12(19)7-2-1-3-8(4-7)17-13(20)21/h5-8,17H,1-4H2,(H,20,21)(H,16,18,19)/t7-,8-/m0/s1. The molecule has 2 rings (SSSR count). The molecule has 2 atom stereocenters. The van der Waals surface area contributed by atoms with Crippen molar-refractivity contribution in [1.82, 2.24) is 10.3 Å². The first-order valence-electron chi connectivity index (χ1n) is 6.57. The van der Waals surface area contributed by atoms with E-state index in [1.165, 1.54) is 6.20 Å². The lowest BCUT2D eigenvalue weighted by atomic mass is 9.85. The van der Waals surface area contributed by atoms with E-state index >= 15 is 0 Å². The number of carboxylic acid groups (broad SMARTS) is 1. The van der Waals surface area contributed by atoms with Gasteiger partial charge in [-0.1, -0.05) is 18.0 Å². The summed E-state index contributed by atoms with van der Waals surface area (Å²) in [5, 5.41) is 14.5. The number of carbonyl (C=O) groups excluding carboxylic acids is 1. The van der Waals surface area contributed by atoms with Crippen LogP contribution in [0.25, 0.3) is 0 Å². The maximum atomic E-state index is 12.2. The summed E-state index contributed by atoms with van der Waals surface area (Å²) >= 11 is 7.96. The quantitative estimate of drug-likeness (QED) is 0.652. The SMILES string of the molecule is O=C(O)N[C@H]1CCC[C@H](C(=O)Nc2cc(I)c(Cl)cn2)C1. The minimum absolute atomic E-state index is 0.127. The van der Waals surface area contributed by atoms with Crippen molar-refractivity contribution in [2.75, 3.05) is 5.32 Å². The van der Waals surface area contributed by atoms with Crippen LogP contribution < -0.4 is 10.6 Å². The number of carbonyl (C=O) groups is 2. The molecule has 0 aliphatic heterocycles. The maximum Gasteiger partial charge on any atom is 0.404 e. The smallest absolute Gasteiger partial charge is 0.404 e. The minimum Gasteiger partial charge on any atom is -0.465 e. The minimum atomic E-state index is -1.05. The Bertz CT molecular complexity index is 555. The first kappa shape index (κ1) is 16.3. The normalized spacial score (nSPS) is 21.6. The molecule has 1 aliphatic carbocycles. The van der Waals surface area contributed by atoms with Crippen molar-refractivity contribution in [2.24, 2.45) is 5.92 Å². The predicted molar refractivity (Wildman–Crippen MR) is 87.5 cm³/mol. The molecule has 1 heterocycles. The van der Waals surface area contributed by atoms with Gasteiger partial charge in [0.25, 0.3) is 0 Å². The van der Waals surface area contributed by atoms with Crippen LogP contribution in [-0.2, 0) is 4.79 Å². The van der Waals surface area contributed by atoms with Crippen molar-refractivity contribution in [3.05, 3.63) is 20.9 Å². The Labute approximate surface area is 140 Å². The number of amides is 2. The van der Waals surface area contributed by atoms with Crippen LogP contribution in [0, 0.1) is 9.49 Å². The second kappa shape index (κ2) is 7.26. The summed E-state index contributed by atoms with van der Waals surface area (Å²) in [5.74, 6) is 0.130. The second-order valence-electron chi connectivity index (χ2n) is 4.98. The van der Waals surface area contributed by atoms with Crippen LogP contribution in [0.15, 0.2) is 12.3 Å². The summed E-state index contributed by atoms with van der Waals surface area (Å²) in [4.78, 5) is 27.0. The third-order valence-electron chi connectivity index (χ3n) is 3.43. The lowest BCUT2D eigenvalue weighted by molar-refractivity contribution is -0.121. The highest BCUT2D eigenvalue weighted by Crippen LogP contribution is 2.26. The Morgan fingerprint density at radius 2 is 2.19 bits per heavy atom. The van der Waals surface area contributed by atoms with E-state index in [0.29, 0.717) is 17.3 Å². The molecule has 3 N–H and O–H groups in total. The molecule has 1 aromatic rings. The van der Waals surface area contributed by atoms with Gasteiger partial charge in [0.05, 0.1) is 5.02 Å². The lowest BCUT2D eigenvalue weighted by Gasteiger charge is -2.28. The number of pyridine rings is 1. The van der Waals surface area contributed by atoms with Crippen molar-refractivity contribution in [3.63, 3.8) is 0 Å². The van der Waals surface area contributed by atoms with E-state index in [9.17, 15) is 9.59 Å². The van der Waals surface area contributed by atoms with Crippen molar-refractivity contribution in [3.8, 4) is 0 Å². The van der Waals surface area contributed by atoms with Crippen LogP contribution in [0.2, 0.25) is 5.02 Å². The lowest BCUT2D eigenvalue weighted by Crippen LogP contribution is -2.40. The Balaban J connectivity index is 1.96. The topological polar surface area (TPSA) is 91.3 Å². The second-order valence-corrected chi connectivity index (χ2v) is 6.55. The van der Waals surface area contributed by atoms with Gasteiger partial charge in [-0.05, 0) is 47.9 Å². The predicted octanol–water partition coefficient (Wildman–Crippen LogP) is 3.10. The van der Waals surface area contributed by atoms with Crippen molar-refractivity contribution < 1.29 is 14.7 Å². The van der Waals surface area contributed by atoms with Crippen LogP contribution in [0.4, 0.5) is 10.6 Å². The van der Waals surface area contributed by atoms with E-state index < -0.39 is 6.09 Å². The Kier molecular flexibility index (Phi) is 5.63. The Hall–Kier alpha value is -1.09. The molecule has 6 nitrogen and oxygen atoms in total. The van der Waals surface area contributed by atoms with Crippen LogP contribution in [0.3, 0.4) is 0 Å². The van der Waals surface area contributed by atoms with E-state index in [1.807, 2.05) is 0 Å². The summed E-state index contributed by atoms with van der Waals surface area (Å²) in [6.07, 6.45) is 3.32. The summed E-state index contributed by atoms with van der Waals surface area (Å²) < 4.78 is 0.814. The highest BCUT2D eigenvalue weighted by atomic mass is 127. The van der Waals surface area contributed by atoms with Crippen LogP contribution in [-0.4, -0.2) is 28.1 Å². The number of rotatable bonds is 3. The summed E-state index contributed by atoms with van der Waals surface area (Å²) in [6, 6.07) is 1.54. The molecule has 0 aromatic carbocycles. The fraction of sp³-hybridized carbons (Fsp3) is 0.462. The van der Waals surface area contributed by atoms with Gasteiger partial charge in [-0.15, -0.1) is 0 Å². The van der Waals surface area contributed by atoms with Gasteiger partial charge in [0.1, 0.15) is 5.82 Å². The van der Waals surface area contributed by atoms with Gasteiger partial charge < -0.3 is 15.7 Å². The molecule has 0 bridgehead atoms. The zero-order valence-electron chi connectivity index (χ0n) is 11.1. The Morgan fingerprint density at radius 3 is 2.86 bits per heavy atom. The van der Waals surface area contributed by atoms with Gasteiger partial charge in [0, 0.05) is 21.7 Å². The van der Waals surface area contributed by atoms with E-state index in [-0.39, 0.29) is 17.9 Å². The number of nitrogens with one attached hydrogen (secondary N) is 2. The number of nitrogens with zero attached hydrogens (tertiary/aromatic N) is 1. The average molecular weight is 424 g/mol. The highest BCUT2D eigenvalue weighted by Gasteiger charge is 2.28. The van der Waals surface area contributed by atoms with Gasteiger partial charge in [-0.25, -0.2) is 9.78 Å². The molecule has 114 valence electrons. The van der Waals surface area contributed by atoms with Crippen molar-refractivity contribution in [2.45, 2.75) is 31.7 Å². The first-order chi connectivity index (χ1) is 9.95. The molecule has 1 aromatic heterocycles. The van der Waals surface area contributed by atoms with E-state index in [4.69, 9.17) is 16.7 Å². The fourth-order valence-corrected chi connectivity index (χ4v) is 2.98. The van der Waals surface area contributed by atoms with Gasteiger partial charge in [-0.3, -0.25) is 4.79 Å². The number of anilines is 1. The molecule has 1 fully saturated rings. The number of halogens is 2. The summed E-state index contributed by atoms with van der Waals surface area (Å²) in [5.41, 5.74) is 0. The number of aromatic nitrogens is 1. The van der Waals surface area contributed by atoms with E-state index in [0.717, 1.165) is 22.8 Å². The molecule has 0 radical (unpaired) electrons. The summed E-state index contributed by atoms with van der Waals surface area (Å²) in [7, 11) is 0. The Morgan fingerprint density at radius 1 is 1.43 bits per heavy atom. The fourth-order valence-electron chi connectivity index (χ4n) is 2.44. The van der Waals surface area contributed by atoms with Crippen LogP contribution in [0.1, 0.15) is 25.7 Å². The van der Waals surface area contributed by atoms with Gasteiger partial charge in [-0.2, -0.15) is 0 Å². The first-order valence-corrected chi connectivity index (χ1v) is 8.02. The van der Waals surface area contributed by atoms with Crippen molar-refractivity contribution in [1.29, 1.82) is 0 Å². The molecule has 0 spiro atoms. The zero-order valence-corrected chi connectivity index (χ0v) is 14.0. The van der Waals surface area contributed by atoms with Gasteiger partial charge in [0.15, 0.2) is 0 Å². The van der Waals surface area contributed by atoms with Gasteiger partial charge in [0.2, 0.25) is 5.91 Å². The zero-order chi connectivity index (χ0) is 15.4. The molecule has 8 heteroatoms. The molecule has 1 aliphatic rings. The summed E-state index contributed by atoms with van der Waals surface area (Å²) in [6.45, 7) is 0. The molecular formula is C13H15ClIN3O3. The number of hydrogen-bond donors (Lipinski definition) is 3. The highest BCUT2D eigenvalue weighted by molar-refractivity contribution is 14.1. The molecule has 2 amide bonds. The van der Waals surface area contributed by atoms with E-state index in [2.05, 4.69) is 38.2 Å². The third kappa shape index (κ3) is 4.70. The largest absolute Gasteiger partial charge is 0.465 e. The van der Waals surface area contributed by atoms with Crippen LogP contribution in [0.5, 0.6) is 0 Å². The van der Waals surface area contributed by atoms with Crippen molar-refractivity contribution >= 4 is 52.0 Å².